The van der Waals surface area contributed by atoms with E-state index in [0.29, 0.717) is 0 Å². The second-order valence-electron chi connectivity index (χ2n) is 2.96. The average molecular weight is 413 g/mol. The van der Waals surface area contributed by atoms with E-state index in [9.17, 15) is 8.78 Å². The van der Waals surface area contributed by atoms with Gasteiger partial charge in [0.15, 0.2) is 11.6 Å². The summed E-state index contributed by atoms with van der Waals surface area (Å²) in [6, 6.07) is 2.09. The molecule has 2 nitrogen and oxygen atoms in total. The Kier molecular flexibility index (Phi) is 4.30. The van der Waals surface area contributed by atoms with Crippen LogP contribution in [0.1, 0.15) is 5.56 Å². The molecule has 0 aliphatic carbocycles. The third kappa shape index (κ3) is 2.10. The molecule has 1 radical (unpaired) electrons. The summed E-state index contributed by atoms with van der Waals surface area (Å²) in [6.45, 7) is -0.229. The second-order valence-corrected chi connectivity index (χ2v) is 2.96. The quantitative estimate of drug-likeness (QED) is 0.752. The Morgan fingerprint density at radius 2 is 2.00 bits per heavy atom. The normalized spacial score (nSPS) is 18.4. The van der Waals surface area contributed by atoms with Gasteiger partial charge in [0.1, 0.15) is 11.9 Å². The van der Waals surface area contributed by atoms with Gasteiger partial charge >= 0.3 is 0 Å². The molecule has 1 aromatic carbocycles. The summed E-state index contributed by atoms with van der Waals surface area (Å²) in [5.74, 6) is -1.11. The third-order valence-electron chi connectivity index (χ3n) is 2.08. The molecule has 0 spiro atoms. The number of aliphatic hydroxyl groups excluding tert-OH is 1. The van der Waals surface area contributed by atoms with Gasteiger partial charge in [-0.3, -0.25) is 0 Å². The van der Waals surface area contributed by atoms with Crippen molar-refractivity contribution in [2.45, 2.75) is 12.5 Å². The largest absolute Gasteiger partial charge is 0.484 e. The first-order valence-electron chi connectivity index (χ1n) is 3.96. The molecule has 1 aliphatic heterocycles. The van der Waals surface area contributed by atoms with Gasteiger partial charge in [-0.15, -0.1) is 0 Å². The van der Waals surface area contributed by atoms with Crippen LogP contribution in [0.4, 0.5) is 8.78 Å². The number of halogens is 2. The van der Waals surface area contributed by atoms with E-state index in [2.05, 4.69) is 0 Å². The number of benzene rings is 1. The van der Waals surface area contributed by atoms with Gasteiger partial charge in [0, 0.05) is 56.0 Å². The zero-order chi connectivity index (χ0) is 9.42. The van der Waals surface area contributed by atoms with Crippen molar-refractivity contribution in [2.75, 3.05) is 6.61 Å². The van der Waals surface area contributed by atoms with Crippen molar-refractivity contribution < 1.29 is 62.7 Å². The van der Waals surface area contributed by atoms with E-state index >= 15 is 0 Å². The predicted octanol–water partition coefficient (Wildman–Crippen LogP) is 1.26. The van der Waals surface area contributed by atoms with E-state index in [4.69, 9.17) is 9.84 Å². The van der Waals surface area contributed by atoms with Crippen LogP contribution in [0.2, 0.25) is 0 Å². The van der Waals surface area contributed by atoms with Crippen LogP contribution < -0.4 is 4.74 Å². The first-order chi connectivity index (χ1) is 6.22. The summed E-state index contributed by atoms with van der Waals surface area (Å²) in [5, 5.41) is 8.75. The van der Waals surface area contributed by atoms with Crippen LogP contribution >= 0.6 is 0 Å². The summed E-state index contributed by atoms with van der Waals surface area (Å²) in [4.78, 5) is 0. The maximum absolute atomic E-state index is 13.1. The molecule has 1 N–H and O–H groups in total. The molecule has 1 atom stereocenters. The monoisotopic (exact) mass is 413 g/mol. The molecule has 1 aromatic rings. The molecule has 0 aromatic heterocycles. The molecule has 0 saturated heterocycles. The van der Waals surface area contributed by atoms with E-state index in [1.54, 1.807) is 0 Å². The van der Waals surface area contributed by atoms with Crippen LogP contribution in [0, 0.1) is 55.7 Å². The summed E-state index contributed by atoms with van der Waals surface area (Å²) < 4.78 is 31.1. The van der Waals surface area contributed by atoms with Gasteiger partial charge in [-0.1, -0.05) is 0 Å². The third-order valence-corrected chi connectivity index (χ3v) is 2.08. The fourth-order valence-electron chi connectivity index (χ4n) is 1.43. The molecule has 2 rings (SSSR count). The number of fused-ring (bicyclic) bond motifs is 1. The average Bonchev–Trinajstić information content (AvgIpc) is 2.56. The standard InChI is InChI=1S/C9H8F2O2.Ac/c10-7-1-2-8(11)9-6(7)3-5(4-12)13-9;/h1-2,5,12H,3-4H2;. The fraction of sp³-hybridized carbons (Fsp3) is 0.333. The molecule has 0 amide bonds. The van der Waals surface area contributed by atoms with Crippen LogP contribution in [0.25, 0.3) is 0 Å². The minimum absolute atomic E-state index is 0. The maximum Gasteiger partial charge on any atom is 0.165 e. The molecule has 14 heavy (non-hydrogen) atoms. The van der Waals surface area contributed by atoms with Crippen LogP contribution in [0.3, 0.4) is 0 Å². The molecular weight excluding hydrogens is 405 g/mol. The Morgan fingerprint density at radius 1 is 1.36 bits per heavy atom. The minimum Gasteiger partial charge on any atom is -0.484 e. The van der Waals surface area contributed by atoms with E-state index in [-0.39, 0.29) is 68.4 Å². The minimum atomic E-state index is -0.577. The number of aliphatic hydroxyl groups is 1. The number of hydrogen-bond acceptors (Lipinski definition) is 2. The Morgan fingerprint density at radius 3 is 2.57 bits per heavy atom. The molecule has 1 aliphatic rings. The summed E-state index contributed by atoms with van der Waals surface area (Å²) in [6.07, 6.45) is -0.281. The van der Waals surface area contributed by atoms with Crippen molar-refractivity contribution >= 4 is 0 Å². The molecule has 1 unspecified atom stereocenters. The molecule has 5 heteroatoms. The smallest absolute Gasteiger partial charge is 0.165 e. The zero-order valence-corrected chi connectivity index (χ0v) is 12.1. The van der Waals surface area contributed by atoms with Crippen LogP contribution in [-0.2, 0) is 6.42 Å². The van der Waals surface area contributed by atoms with E-state index < -0.39 is 17.7 Å². The van der Waals surface area contributed by atoms with Gasteiger partial charge in [0.05, 0.1) is 6.61 Å². The summed E-state index contributed by atoms with van der Waals surface area (Å²) in [5.41, 5.74) is 0.221. The van der Waals surface area contributed by atoms with Crippen LogP contribution in [-0.4, -0.2) is 17.8 Å². The van der Waals surface area contributed by atoms with Crippen molar-refractivity contribution in [2.24, 2.45) is 0 Å². The molecule has 73 valence electrons. The molecule has 1 heterocycles. The first-order valence-corrected chi connectivity index (χ1v) is 3.96. The summed E-state index contributed by atoms with van der Waals surface area (Å²) >= 11 is 0. The number of hydrogen-bond donors (Lipinski definition) is 1. The van der Waals surface area contributed by atoms with Crippen molar-refractivity contribution in [3.8, 4) is 5.75 Å². The van der Waals surface area contributed by atoms with Crippen LogP contribution in [0.5, 0.6) is 5.75 Å². The van der Waals surface area contributed by atoms with Crippen molar-refractivity contribution in [1.29, 1.82) is 0 Å². The molecular formula is C9H8AcF2O2. The van der Waals surface area contributed by atoms with Gasteiger partial charge < -0.3 is 9.84 Å². The Bertz CT molecular complexity index is 313. The Labute approximate surface area is 116 Å². The fourth-order valence-corrected chi connectivity index (χ4v) is 1.43. The van der Waals surface area contributed by atoms with E-state index in [0.717, 1.165) is 12.1 Å². The Hall–Kier alpha value is 0.282. The number of rotatable bonds is 1. The maximum atomic E-state index is 13.1. The predicted molar refractivity (Wildman–Crippen MR) is 41.6 cm³/mol. The van der Waals surface area contributed by atoms with Gasteiger partial charge in [-0.2, -0.15) is 0 Å². The SMILES string of the molecule is OCC1Cc2c(F)ccc(F)c2O1.[Ac]. The second kappa shape index (κ2) is 4.87. The van der Waals surface area contributed by atoms with E-state index in [1.807, 2.05) is 0 Å². The van der Waals surface area contributed by atoms with Crippen molar-refractivity contribution in [3.05, 3.63) is 29.3 Å². The Balaban J connectivity index is 0.000000980. The van der Waals surface area contributed by atoms with Gasteiger partial charge in [-0.25, -0.2) is 8.78 Å². The van der Waals surface area contributed by atoms with Gasteiger partial charge in [0.2, 0.25) is 0 Å². The molecule has 0 saturated carbocycles. The van der Waals surface area contributed by atoms with Crippen LogP contribution in [0.15, 0.2) is 12.1 Å². The molecule has 0 fully saturated rings. The molecule has 0 bridgehead atoms. The zero-order valence-electron chi connectivity index (χ0n) is 7.34. The van der Waals surface area contributed by atoms with Gasteiger partial charge in [-0.05, 0) is 12.1 Å². The van der Waals surface area contributed by atoms with Crippen molar-refractivity contribution in [3.63, 3.8) is 0 Å². The topological polar surface area (TPSA) is 29.5 Å². The summed E-state index contributed by atoms with van der Waals surface area (Å²) in [7, 11) is 0. The number of ether oxygens (including phenoxy) is 1. The van der Waals surface area contributed by atoms with Gasteiger partial charge in [0.25, 0.3) is 0 Å². The van der Waals surface area contributed by atoms with Crippen molar-refractivity contribution in [1.82, 2.24) is 0 Å². The van der Waals surface area contributed by atoms with E-state index in [1.165, 1.54) is 0 Å². The first kappa shape index (κ1) is 12.4.